The molecule has 1 aliphatic heterocycles. The Morgan fingerprint density at radius 1 is 1.53 bits per heavy atom. The summed E-state index contributed by atoms with van der Waals surface area (Å²) in [4.78, 5) is 4.12. The van der Waals surface area contributed by atoms with Gasteiger partial charge in [0.15, 0.2) is 0 Å². The summed E-state index contributed by atoms with van der Waals surface area (Å²) in [6, 6.07) is 5.37. The van der Waals surface area contributed by atoms with E-state index in [0.717, 1.165) is 9.80 Å². The van der Waals surface area contributed by atoms with Crippen molar-refractivity contribution in [3.63, 3.8) is 0 Å². The van der Waals surface area contributed by atoms with E-state index >= 15 is 0 Å². The second-order valence-electron chi connectivity index (χ2n) is 4.04. The maximum atomic E-state index is 11.6. The first-order valence-corrected chi connectivity index (χ1v) is 4.73. The fraction of sp³-hybridized carbons (Fsp3) is 0.400. The van der Waals surface area contributed by atoms with Gasteiger partial charge in [-0.05, 0) is 26.0 Å². The van der Waals surface area contributed by atoms with Gasteiger partial charge >= 0.3 is 0 Å². The van der Waals surface area contributed by atoms with Gasteiger partial charge in [0.2, 0.25) is 12.4 Å². The van der Waals surface area contributed by atoms with Crippen LogP contribution in [-0.4, -0.2) is 37.9 Å². The number of hydrogen-bond donors (Lipinski definition) is 1. The Bertz CT molecular complexity index is 400. The maximum Gasteiger partial charge on any atom is 0.236 e. The highest BCUT2D eigenvalue weighted by Crippen LogP contribution is 2.23. The molecule has 1 aromatic heterocycles. The average Bonchev–Trinajstić information content (AvgIpc) is 2.37. The Morgan fingerprint density at radius 3 is 2.73 bits per heavy atom. The van der Waals surface area contributed by atoms with Crippen molar-refractivity contribution in [2.24, 2.45) is 0 Å². The Hall–Kier alpha value is -1.46. The van der Waals surface area contributed by atoms with Crippen molar-refractivity contribution in [1.29, 1.82) is 0 Å². The van der Waals surface area contributed by atoms with E-state index in [1.54, 1.807) is 32.2 Å². The van der Waals surface area contributed by atoms with Crippen LogP contribution in [0.1, 0.15) is 19.5 Å². The second kappa shape index (κ2) is 3.29. The molecule has 0 bridgehead atoms. The zero-order chi connectivity index (χ0) is 11.1. The summed E-state index contributed by atoms with van der Waals surface area (Å²) in [5.41, 5.74) is 0.399. The molecule has 2 rings (SSSR count). The molecule has 5 heteroatoms. The molecule has 2 heterocycles. The molecule has 15 heavy (non-hydrogen) atoms. The van der Waals surface area contributed by atoms with Gasteiger partial charge in [0.25, 0.3) is 0 Å². The van der Waals surface area contributed by atoms with E-state index in [4.69, 9.17) is 0 Å². The Kier molecular flexibility index (Phi) is 2.21. The minimum Gasteiger partial charge on any atom is -0.622 e. The van der Waals surface area contributed by atoms with Crippen molar-refractivity contribution in [3.05, 3.63) is 35.3 Å². The molecule has 0 atom stereocenters. The van der Waals surface area contributed by atoms with Crippen LogP contribution in [0.15, 0.2) is 24.4 Å². The van der Waals surface area contributed by atoms with E-state index in [9.17, 15) is 10.4 Å². The smallest absolute Gasteiger partial charge is 0.236 e. The molecule has 1 aliphatic rings. The molecule has 0 amide bonds. The van der Waals surface area contributed by atoms with Gasteiger partial charge in [-0.2, -0.15) is 4.74 Å². The molecule has 1 aromatic rings. The number of hydrogen-bond acceptors (Lipinski definition) is 4. The summed E-state index contributed by atoms with van der Waals surface area (Å²) in [5.74, 6) is 0. The van der Waals surface area contributed by atoms with Gasteiger partial charge in [0, 0.05) is 6.20 Å². The first kappa shape index (κ1) is 10.1. The monoisotopic (exact) mass is 207 g/mol. The van der Waals surface area contributed by atoms with Crippen LogP contribution < -0.4 is 0 Å². The Balaban J connectivity index is 2.49. The molecule has 0 fully saturated rings. The van der Waals surface area contributed by atoms with Crippen LogP contribution in [0, 0.1) is 5.21 Å². The molecule has 80 valence electrons. The van der Waals surface area contributed by atoms with Gasteiger partial charge in [-0.3, -0.25) is 4.98 Å². The van der Waals surface area contributed by atoms with Crippen LogP contribution in [0.5, 0.6) is 0 Å². The van der Waals surface area contributed by atoms with Gasteiger partial charge in [-0.15, -0.1) is 5.06 Å². The first-order valence-electron chi connectivity index (χ1n) is 4.73. The summed E-state index contributed by atoms with van der Waals surface area (Å²) in [6.07, 6.45) is 1.63. The lowest BCUT2D eigenvalue weighted by atomic mass is 9.96. The predicted octanol–water partition coefficient (Wildman–Crippen LogP) is 0.822. The molecule has 0 aromatic carbocycles. The van der Waals surface area contributed by atoms with Crippen molar-refractivity contribution in [3.8, 4) is 0 Å². The van der Waals surface area contributed by atoms with Crippen molar-refractivity contribution >= 4 is 5.71 Å². The number of nitrogens with zero attached hydrogens (tertiary/aromatic N) is 3. The summed E-state index contributed by atoms with van der Waals surface area (Å²) < 4.78 is 0.766. The number of pyridine rings is 1. The molecule has 0 radical (unpaired) electrons. The molecule has 0 aliphatic carbocycles. The number of hydroxylamine groups is 3. The Morgan fingerprint density at radius 2 is 2.27 bits per heavy atom. The van der Waals surface area contributed by atoms with Crippen molar-refractivity contribution in [2.75, 3.05) is 6.67 Å². The molecular weight excluding hydrogens is 194 g/mol. The molecule has 0 saturated carbocycles. The highest BCUT2D eigenvalue weighted by atomic mass is 16.5. The standard InChI is InChI=1S/C10H13N3O2/c1-10(2)9(12(14)7-13(10)15)8-5-3-4-6-11-8/h3-6,15H,7H2,1-2H3. The molecule has 0 saturated heterocycles. The largest absolute Gasteiger partial charge is 0.622 e. The first-order chi connectivity index (χ1) is 7.03. The molecule has 0 unspecified atom stereocenters. The summed E-state index contributed by atoms with van der Waals surface area (Å²) in [5, 5.41) is 22.3. The maximum absolute atomic E-state index is 11.6. The quantitative estimate of drug-likeness (QED) is 0.547. The molecule has 1 N–H and O–H groups in total. The van der Waals surface area contributed by atoms with Gasteiger partial charge in [0.1, 0.15) is 11.2 Å². The second-order valence-corrected chi connectivity index (χ2v) is 4.04. The summed E-state index contributed by atoms with van der Waals surface area (Å²) >= 11 is 0. The van der Waals surface area contributed by atoms with E-state index in [1.807, 2.05) is 6.07 Å². The normalized spacial score (nSPS) is 21.0. The van der Waals surface area contributed by atoms with E-state index < -0.39 is 5.54 Å². The van der Waals surface area contributed by atoms with Gasteiger partial charge in [0.05, 0.1) is 0 Å². The minimum absolute atomic E-state index is 0.0428. The van der Waals surface area contributed by atoms with E-state index in [-0.39, 0.29) is 6.67 Å². The zero-order valence-corrected chi connectivity index (χ0v) is 8.71. The van der Waals surface area contributed by atoms with Crippen LogP contribution in [0.3, 0.4) is 0 Å². The van der Waals surface area contributed by atoms with Crippen LogP contribution >= 0.6 is 0 Å². The third kappa shape index (κ3) is 1.49. The van der Waals surface area contributed by atoms with Gasteiger partial charge in [-0.25, -0.2) is 0 Å². The highest BCUT2D eigenvalue weighted by Gasteiger charge is 2.46. The fourth-order valence-electron chi connectivity index (χ4n) is 1.74. The fourth-order valence-corrected chi connectivity index (χ4v) is 1.74. The number of rotatable bonds is 1. The van der Waals surface area contributed by atoms with E-state index in [2.05, 4.69) is 4.98 Å². The lowest BCUT2D eigenvalue weighted by Crippen LogP contribution is -2.43. The molecule has 0 spiro atoms. The molecular formula is C10H13N3O2. The average molecular weight is 207 g/mol. The lowest BCUT2D eigenvalue weighted by Gasteiger charge is -2.21. The predicted molar refractivity (Wildman–Crippen MR) is 54.5 cm³/mol. The third-order valence-corrected chi connectivity index (χ3v) is 2.64. The summed E-state index contributed by atoms with van der Waals surface area (Å²) in [7, 11) is 0. The van der Waals surface area contributed by atoms with Crippen LogP contribution in [0.25, 0.3) is 0 Å². The highest BCUT2D eigenvalue weighted by molar-refractivity contribution is 6.02. The molecule has 5 nitrogen and oxygen atoms in total. The zero-order valence-electron chi connectivity index (χ0n) is 8.71. The van der Waals surface area contributed by atoms with Gasteiger partial charge < -0.3 is 10.4 Å². The van der Waals surface area contributed by atoms with Crippen LogP contribution in [-0.2, 0) is 0 Å². The lowest BCUT2D eigenvalue weighted by molar-refractivity contribution is -0.487. The SMILES string of the molecule is CC1(C)C(c2ccccn2)=[N+]([O-])CN1O. The third-order valence-electron chi connectivity index (χ3n) is 2.64. The number of aromatic nitrogens is 1. The van der Waals surface area contributed by atoms with Crippen molar-refractivity contribution in [2.45, 2.75) is 19.4 Å². The van der Waals surface area contributed by atoms with Crippen LogP contribution in [0.4, 0.5) is 0 Å². The Labute approximate surface area is 87.8 Å². The van der Waals surface area contributed by atoms with Crippen LogP contribution in [0.2, 0.25) is 0 Å². The van der Waals surface area contributed by atoms with Crippen molar-refractivity contribution in [1.82, 2.24) is 10.0 Å². The van der Waals surface area contributed by atoms with E-state index in [1.165, 1.54) is 0 Å². The topological polar surface area (TPSA) is 62.4 Å². The van der Waals surface area contributed by atoms with E-state index in [0.29, 0.717) is 11.4 Å². The minimum atomic E-state index is -0.698. The summed E-state index contributed by atoms with van der Waals surface area (Å²) in [6.45, 7) is 3.53. The van der Waals surface area contributed by atoms with Gasteiger partial charge in [-0.1, -0.05) is 6.07 Å². The van der Waals surface area contributed by atoms with Crippen molar-refractivity contribution < 1.29 is 9.95 Å².